The average Bonchev–Trinajstić information content (AvgIpc) is 3.12. The minimum atomic E-state index is -0.497. The lowest BCUT2D eigenvalue weighted by molar-refractivity contribution is 0.122. The van der Waals surface area contributed by atoms with Gasteiger partial charge in [0, 0.05) is 24.8 Å². The summed E-state index contributed by atoms with van der Waals surface area (Å²) in [5.74, 6) is 0.594. The van der Waals surface area contributed by atoms with Crippen molar-refractivity contribution in [2.75, 3.05) is 36.5 Å². The van der Waals surface area contributed by atoms with Crippen LogP contribution in [0.5, 0.6) is 0 Å². The second kappa shape index (κ2) is 8.57. The Kier molecular flexibility index (Phi) is 5.87. The van der Waals surface area contributed by atoms with Gasteiger partial charge in [0.25, 0.3) is 0 Å². The molecule has 1 N–H and O–H groups in total. The van der Waals surface area contributed by atoms with Crippen LogP contribution in [0.3, 0.4) is 0 Å². The summed E-state index contributed by atoms with van der Waals surface area (Å²) in [7, 11) is 0. The second-order valence-corrected chi connectivity index (χ2v) is 7.84. The summed E-state index contributed by atoms with van der Waals surface area (Å²) in [6.07, 6.45) is 2.81. The number of nitrogens with zero attached hydrogens (tertiary/aromatic N) is 5. The highest BCUT2D eigenvalue weighted by molar-refractivity contribution is 6.33. The molecule has 0 spiro atoms. The first-order chi connectivity index (χ1) is 14.4. The van der Waals surface area contributed by atoms with Crippen LogP contribution in [0.2, 0.25) is 5.02 Å². The molecule has 0 saturated carbocycles. The molecule has 3 aromatic rings. The summed E-state index contributed by atoms with van der Waals surface area (Å²) in [4.78, 5) is 15.0. The van der Waals surface area contributed by atoms with Crippen LogP contribution in [0, 0.1) is 12.7 Å². The van der Waals surface area contributed by atoms with Gasteiger partial charge in [0.05, 0.1) is 42.0 Å². The van der Waals surface area contributed by atoms with E-state index in [1.54, 1.807) is 6.20 Å². The smallest absolute Gasteiger partial charge is 0.227 e. The van der Waals surface area contributed by atoms with Gasteiger partial charge in [-0.3, -0.25) is 0 Å². The van der Waals surface area contributed by atoms with Crippen molar-refractivity contribution in [1.29, 1.82) is 0 Å². The number of ether oxygens (including phenoxy) is 1. The van der Waals surface area contributed by atoms with E-state index in [0.717, 1.165) is 30.3 Å². The van der Waals surface area contributed by atoms with Crippen molar-refractivity contribution in [2.45, 2.75) is 26.8 Å². The molecule has 0 atom stereocenters. The molecule has 2 aromatic heterocycles. The van der Waals surface area contributed by atoms with Gasteiger partial charge in [0.1, 0.15) is 11.5 Å². The predicted octanol–water partition coefficient (Wildman–Crippen LogP) is 4.60. The number of benzene rings is 1. The molecule has 1 saturated heterocycles. The second-order valence-electron chi connectivity index (χ2n) is 7.44. The van der Waals surface area contributed by atoms with E-state index in [0.29, 0.717) is 23.9 Å². The van der Waals surface area contributed by atoms with Crippen molar-refractivity contribution in [3.05, 3.63) is 47.3 Å². The lowest BCUT2D eigenvalue weighted by Gasteiger charge is -2.29. The minimum absolute atomic E-state index is 0.125. The molecule has 1 fully saturated rings. The molecular formula is C21H24ClFN6O. The zero-order valence-corrected chi connectivity index (χ0v) is 17.9. The third-order valence-corrected chi connectivity index (χ3v) is 5.34. The van der Waals surface area contributed by atoms with Crippen LogP contribution in [0.25, 0.3) is 11.4 Å². The van der Waals surface area contributed by atoms with Gasteiger partial charge in [-0.25, -0.2) is 19.3 Å². The number of morpholine rings is 1. The Morgan fingerprint density at radius 3 is 2.63 bits per heavy atom. The van der Waals surface area contributed by atoms with E-state index in [1.165, 1.54) is 6.20 Å². The maximum atomic E-state index is 14.5. The van der Waals surface area contributed by atoms with Crippen LogP contribution < -0.4 is 10.2 Å². The van der Waals surface area contributed by atoms with Crippen LogP contribution in [-0.4, -0.2) is 45.8 Å². The molecule has 0 aliphatic carbocycles. The Hall–Kier alpha value is -2.71. The predicted molar refractivity (Wildman–Crippen MR) is 116 cm³/mol. The van der Waals surface area contributed by atoms with E-state index < -0.39 is 5.82 Å². The van der Waals surface area contributed by atoms with Gasteiger partial charge < -0.3 is 19.5 Å². The highest BCUT2D eigenvalue weighted by Gasteiger charge is 2.18. The van der Waals surface area contributed by atoms with E-state index in [2.05, 4.69) is 25.2 Å². The number of aryl methyl sites for hydroxylation is 1. The number of imidazole rings is 1. The normalized spacial score (nSPS) is 14.4. The summed E-state index contributed by atoms with van der Waals surface area (Å²) in [6.45, 7) is 8.92. The quantitative estimate of drug-likeness (QED) is 0.638. The van der Waals surface area contributed by atoms with Gasteiger partial charge in [0.15, 0.2) is 5.82 Å². The zero-order valence-electron chi connectivity index (χ0n) is 17.2. The Morgan fingerprint density at radius 1 is 1.17 bits per heavy atom. The third kappa shape index (κ3) is 4.11. The fourth-order valence-electron chi connectivity index (χ4n) is 3.66. The van der Waals surface area contributed by atoms with Crippen molar-refractivity contribution in [1.82, 2.24) is 19.5 Å². The molecule has 158 valence electrons. The summed E-state index contributed by atoms with van der Waals surface area (Å²) < 4.78 is 21.9. The monoisotopic (exact) mass is 430 g/mol. The first-order valence-electron chi connectivity index (χ1n) is 9.90. The van der Waals surface area contributed by atoms with Gasteiger partial charge in [-0.2, -0.15) is 0 Å². The topological polar surface area (TPSA) is 68.1 Å². The highest BCUT2D eigenvalue weighted by Crippen LogP contribution is 2.31. The molecule has 1 aliphatic heterocycles. The number of nitrogens with one attached hydrogen (secondary N) is 1. The number of aromatic nitrogens is 4. The minimum Gasteiger partial charge on any atom is -0.378 e. The molecule has 0 amide bonds. The maximum absolute atomic E-state index is 14.5. The Balaban J connectivity index is 1.60. The Bertz CT molecular complexity index is 1050. The Labute approximate surface area is 179 Å². The van der Waals surface area contributed by atoms with Crippen molar-refractivity contribution >= 4 is 28.9 Å². The molecule has 30 heavy (non-hydrogen) atoms. The molecule has 1 aromatic carbocycles. The Morgan fingerprint density at radius 2 is 1.93 bits per heavy atom. The SMILES string of the molecule is Cc1ncc(-c2nc(Nc3ccc(N4CCOCC4)c(Cl)c3)ncc2F)n1C(C)C. The van der Waals surface area contributed by atoms with Gasteiger partial charge >= 0.3 is 0 Å². The van der Waals surface area contributed by atoms with Crippen LogP contribution >= 0.6 is 11.6 Å². The summed E-state index contributed by atoms with van der Waals surface area (Å²) in [5.41, 5.74) is 2.51. The van der Waals surface area contributed by atoms with Gasteiger partial charge in [-0.05, 0) is 39.0 Å². The highest BCUT2D eigenvalue weighted by atomic mass is 35.5. The fourth-order valence-corrected chi connectivity index (χ4v) is 3.96. The van der Waals surface area contributed by atoms with Crippen LogP contribution in [0.1, 0.15) is 25.7 Å². The number of halogens is 2. The maximum Gasteiger partial charge on any atom is 0.227 e. The van der Waals surface area contributed by atoms with Crippen molar-refractivity contribution < 1.29 is 9.13 Å². The van der Waals surface area contributed by atoms with Crippen LogP contribution in [0.15, 0.2) is 30.6 Å². The molecule has 0 bridgehead atoms. The molecule has 0 radical (unpaired) electrons. The van der Waals surface area contributed by atoms with Crippen LogP contribution in [-0.2, 0) is 4.74 Å². The number of rotatable bonds is 5. The number of hydrogen-bond donors (Lipinski definition) is 1. The van der Waals surface area contributed by atoms with Crippen molar-refractivity contribution in [3.8, 4) is 11.4 Å². The van der Waals surface area contributed by atoms with Crippen molar-refractivity contribution in [2.24, 2.45) is 0 Å². The third-order valence-electron chi connectivity index (χ3n) is 5.04. The van der Waals surface area contributed by atoms with Gasteiger partial charge in [-0.15, -0.1) is 0 Å². The molecular weight excluding hydrogens is 407 g/mol. The molecule has 0 unspecified atom stereocenters. The molecule has 9 heteroatoms. The van der Waals surface area contributed by atoms with E-state index >= 15 is 0 Å². The zero-order chi connectivity index (χ0) is 21.3. The molecule has 3 heterocycles. The van der Waals surface area contributed by atoms with Crippen molar-refractivity contribution in [3.63, 3.8) is 0 Å². The van der Waals surface area contributed by atoms with E-state index in [-0.39, 0.29) is 17.7 Å². The summed E-state index contributed by atoms with van der Waals surface area (Å²) >= 11 is 6.50. The number of anilines is 3. The van der Waals surface area contributed by atoms with Gasteiger partial charge in [0.2, 0.25) is 5.95 Å². The molecule has 4 rings (SSSR count). The molecule has 1 aliphatic rings. The summed E-state index contributed by atoms with van der Waals surface area (Å²) in [5, 5.41) is 3.74. The lowest BCUT2D eigenvalue weighted by atomic mass is 10.2. The van der Waals surface area contributed by atoms with E-state index in [9.17, 15) is 4.39 Å². The van der Waals surface area contributed by atoms with Gasteiger partial charge in [-0.1, -0.05) is 11.6 Å². The molecule has 7 nitrogen and oxygen atoms in total. The lowest BCUT2D eigenvalue weighted by Crippen LogP contribution is -2.36. The van der Waals surface area contributed by atoms with E-state index in [4.69, 9.17) is 16.3 Å². The fraction of sp³-hybridized carbons (Fsp3) is 0.381. The standard InChI is InChI=1S/C21H24ClFN6O/c1-13(2)29-14(3)24-12-19(29)20-17(23)11-25-21(27-20)26-15-4-5-18(16(22)10-15)28-6-8-30-9-7-28/h4-5,10-13H,6-9H2,1-3H3,(H,25,26,27). The first kappa shape index (κ1) is 20.6. The first-order valence-corrected chi connectivity index (χ1v) is 10.3. The van der Waals surface area contributed by atoms with Crippen LogP contribution in [0.4, 0.5) is 21.7 Å². The summed E-state index contributed by atoms with van der Waals surface area (Å²) in [6, 6.07) is 5.81. The average molecular weight is 431 g/mol. The van der Waals surface area contributed by atoms with E-state index in [1.807, 2.05) is 43.5 Å². The number of hydrogen-bond acceptors (Lipinski definition) is 6. The largest absolute Gasteiger partial charge is 0.378 e.